The lowest BCUT2D eigenvalue weighted by atomic mass is 10.1. The Morgan fingerprint density at radius 3 is 1.83 bits per heavy atom. The lowest BCUT2D eigenvalue weighted by molar-refractivity contribution is 0.467. The first-order chi connectivity index (χ1) is 8.56. The highest BCUT2D eigenvalue weighted by Crippen LogP contribution is 2.28. The van der Waals surface area contributed by atoms with Gasteiger partial charge in [-0.15, -0.1) is 0 Å². The SMILES string of the molecule is Cc1ccc(N=Nc2cc(C)c(O)c(C)c2)cc1. The van der Waals surface area contributed by atoms with Crippen LogP contribution < -0.4 is 0 Å². The molecular weight excluding hydrogens is 224 g/mol. The van der Waals surface area contributed by atoms with Crippen molar-refractivity contribution < 1.29 is 5.11 Å². The molecule has 0 saturated heterocycles. The van der Waals surface area contributed by atoms with Crippen LogP contribution in [0.3, 0.4) is 0 Å². The van der Waals surface area contributed by atoms with Crippen molar-refractivity contribution in [2.45, 2.75) is 20.8 Å². The van der Waals surface area contributed by atoms with E-state index in [9.17, 15) is 5.11 Å². The molecule has 0 aliphatic carbocycles. The average Bonchev–Trinajstić information content (AvgIpc) is 2.35. The van der Waals surface area contributed by atoms with Gasteiger partial charge in [-0.1, -0.05) is 17.7 Å². The minimum absolute atomic E-state index is 0.323. The van der Waals surface area contributed by atoms with Crippen LogP contribution in [0.25, 0.3) is 0 Å². The molecule has 2 rings (SSSR count). The van der Waals surface area contributed by atoms with Crippen LogP contribution in [0.1, 0.15) is 16.7 Å². The second kappa shape index (κ2) is 5.00. The summed E-state index contributed by atoms with van der Waals surface area (Å²) in [6.45, 7) is 5.74. The van der Waals surface area contributed by atoms with Crippen LogP contribution in [0.4, 0.5) is 11.4 Å². The normalized spacial score (nSPS) is 11.1. The minimum atomic E-state index is 0.323. The summed E-state index contributed by atoms with van der Waals surface area (Å²) >= 11 is 0. The van der Waals surface area contributed by atoms with Gasteiger partial charge in [0.1, 0.15) is 5.75 Å². The average molecular weight is 240 g/mol. The highest BCUT2D eigenvalue weighted by atomic mass is 16.3. The van der Waals surface area contributed by atoms with E-state index in [0.29, 0.717) is 5.75 Å². The lowest BCUT2D eigenvalue weighted by Crippen LogP contribution is -1.79. The Morgan fingerprint density at radius 2 is 1.28 bits per heavy atom. The number of rotatable bonds is 2. The molecule has 2 aromatic rings. The minimum Gasteiger partial charge on any atom is -0.507 e. The number of hydrogen-bond donors (Lipinski definition) is 1. The van der Waals surface area contributed by atoms with Gasteiger partial charge in [0, 0.05) is 0 Å². The Labute approximate surface area is 107 Å². The second-order valence-corrected chi connectivity index (χ2v) is 4.46. The molecule has 3 nitrogen and oxygen atoms in total. The Morgan fingerprint density at radius 1 is 0.778 bits per heavy atom. The molecule has 3 heteroatoms. The zero-order valence-electron chi connectivity index (χ0n) is 10.8. The molecule has 0 saturated carbocycles. The maximum Gasteiger partial charge on any atom is 0.121 e. The predicted octanol–water partition coefficient (Wildman–Crippen LogP) is 4.73. The van der Waals surface area contributed by atoms with Crippen LogP contribution in [0.5, 0.6) is 5.75 Å². The van der Waals surface area contributed by atoms with E-state index >= 15 is 0 Å². The summed E-state index contributed by atoms with van der Waals surface area (Å²) in [4.78, 5) is 0. The molecule has 0 amide bonds. The number of azo groups is 1. The van der Waals surface area contributed by atoms with E-state index in [-0.39, 0.29) is 0 Å². The molecule has 2 aromatic carbocycles. The number of hydrogen-bond acceptors (Lipinski definition) is 3. The van der Waals surface area contributed by atoms with Crippen LogP contribution in [0.15, 0.2) is 46.6 Å². The number of aryl methyl sites for hydroxylation is 3. The summed E-state index contributed by atoms with van der Waals surface area (Å²) in [7, 11) is 0. The first-order valence-corrected chi connectivity index (χ1v) is 5.85. The number of phenols is 1. The zero-order valence-corrected chi connectivity index (χ0v) is 10.8. The number of nitrogens with zero attached hydrogens (tertiary/aromatic N) is 2. The van der Waals surface area contributed by atoms with Gasteiger partial charge >= 0.3 is 0 Å². The van der Waals surface area contributed by atoms with Crippen molar-refractivity contribution in [3.63, 3.8) is 0 Å². The van der Waals surface area contributed by atoms with Gasteiger partial charge in [-0.3, -0.25) is 0 Å². The molecule has 0 aliphatic rings. The zero-order chi connectivity index (χ0) is 13.1. The standard InChI is InChI=1S/C15H16N2O/c1-10-4-6-13(7-5-10)16-17-14-8-11(2)15(18)12(3)9-14/h4-9,18H,1-3H3. The number of phenolic OH excluding ortho intramolecular Hbond substituents is 1. The van der Waals surface area contributed by atoms with Gasteiger partial charge in [0.05, 0.1) is 11.4 Å². The highest BCUT2D eigenvalue weighted by molar-refractivity contribution is 5.51. The highest BCUT2D eigenvalue weighted by Gasteiger charge is 2.02. The topological polar surface area (TPSA) is 45.0 Å². The molecule has 0 radical (unpaired) electrons. The third-order valence-corrected chi connectivity index (χ3v) is 2.79. The summed E-state index contributed by atoms with van der Waals surface area (Å²) in [5, 5.41) is 18.0. The molecule has 92 valence electrons. The van der Waals surface area contributed by atoms with E-state index in [4.69, 9.17) is 0 Å². The molecule has 0 heterocycles. The Kier molecular flexibility index (Phi) is 3.42. The quantitative estimate of drug-likeness (QED) is 0.757. The fourth-order valence-electron chi connectivity index (χ4n) is 1.72. The van der Waals surface area contributed by atoms with E-state index in [2.05, 4.69) is 10.2 Å². The van der Waals surface area contributed by atoms with Crippen LogP contribution in [0.2, 0.25) is 0 Å². The van der Waals surface area contributed by atoms with E-state index in [1.165, 1.54) is 5.56 Å². The second-order valence-electron chi connectivity index (χ2n) is 4.46. The molecule has 0 aromatic heterocycles. The fourth-order valence-corrected chi connectivity index (χ4v) is 1.72. The summed E-state index contributed by atoms with van der Waals surface area (Å²) < 4.78 is 0. The summed E-state index contributed by atoms with van der Waals surface area (Å²) in [5.41, 5.74) is 4.40. The molecular formula is C15H16N2O. The van der Waals surface area contributed by atoms with Crippen LogP contribution in [0, 0.1) is 20.8 Å². The van der Waals surface area contributed by atoms with E-state index in [1.807, 2.05) is 57.2 Å². The molecule has 0 unspecified atom stereocenters. The van der Waals surface area contributed by atoms with Gasteiger partial charge in [-0.2, -0.15) is 10.2 Å². The number of benzene rings is 2. The van der Waals surface area contributed by atoms with Gasteiger partial charge in [0.2, 0.25) is 0 Å². The van der Waals surface area contributed by atoms with Gasteiger partial charge in [0.15, 0.2) is 0 Å². The fraction of sp³-hybridized carbons (Fsp3) is 0.200. The van der Waals surface area contributed by atoms with Crippen LogP contribution >= 0.6 is 0 Å². The van der Waals surface area contributed by atoms with E-state index in [0.717, 1.165) is 22.5 Å². The maximum atomic E-state index is 9.67. The Bertz CT molecular complexity index is 563. The lowest BCUT2D eigenvalue weighted by Gasteiger charge is -2.03. The molecule has 1 N–H and O–H groups in total. The molecule has 0 aliphatic heterocycles. The molecule has 18 heavy (non-hydrogen) atoms. The van der Waals surface area contributed by atoms with Crippen molar-refractivity contribution in [2.75, 3.05) is 0 Å². The van der Waals surface area contributed by atoms with Crippen molar-refractivity contribution >= 4 is 11.4 Å². The van der Waals surface area contributed by atoms with Gasteiger partial charge in [0.25, 0.3) is 0 Å². The van der Waals surface area contributed by atoms with Gasteiger partial charge < -0.3 is 5.11 Å². The summed E-state index contributed by atoms with van der Waals surface area (Å²) in [5.74, 6) is 0.323. The van der Waals surface area contributed by atoms with Crippen molar-refractivity contribution in [2.24, 2.45) is 10.2 Å². The first kappa shape index (κ1) is 12.3. The van der Waals surface area contributed by atoms with Crippen LogP contribution in [-0.4, -0.2) is 5.11 Å². The Balaban J connectivity index is 2.26. The van der Waals surface area contributed by atoms with Crippen molar-refractivity contribution in [3.05, 3.63) is 53.1 Å². The van der Waals surface area contributed by atoms with E-state index < -0.39 is 0 Å². The largest absolute Gasteiger partial charge is 0.507 e. The van der Waals surface area contributed by atoms with Crippen LogP contribution in [-0.2, 0) is 0 Å². The first-order valence-electron chi connectivity index (χ1n) is 5.85. The van der Waals surface area contributed by atoms with Crippen molar-refractivity contribution in [1.29, 1.82) is 0 Å². The molecule has 0 bridgehead atoms. The van der Waals surface area contributed by atoms with Crippen molar-refractivity contribution in [3.8, 4) is 5.75 Å². The van der Waals surface area contributed by atoms with Gasteiger partial charge in [-0.05, 0) is 56.2 Å². The third-order valence-electron chi connectivity index (χ3n) is 2.79. The third kappa shape index (κ3) is 2.74. The molecule has 0 spiro atoms. The molecule has 0 fully saturated rings. The molecule has 0 atom stereocenters. The monoisotopic (exact) mass is 240 g/mol. The summed E-state index contributed by atoms with van der Waals surface area (Å²) in [6, 6.07) is 11.5. The van der Waals surface area contributed by atoms with E-state index in [1.54, 1.807) is 0 Å². The van der Waals surface area contributed by atoms with Crippen molar-refractivity contribution in [1.82, 2.24) is 0 Å². The number of aromatic hydroxyl groups is 1. The smallest absolute Gasteiger partial charge is 0.121 e. The maximum absolute atomic E-state index is 9.67. The van der Waals surface area contributed by atoms with Gasteiger partial charge in [-0.25, -0.2) is 0 Å². The Hall–Kier alpha value is -2.16. The summed E-state index contributed by atoms with van der Waals surface area (Å²) in [6.07, 6.45) is 0. The predicted molar refractivity (Wildman–Crippen MR) is 72.9 cm³/mol.